The summed E-state index contributed by atoms with van der Waals surface area (Å²) >= 11 is 0. The topological polar surface area (TPSA) is 55.5 Å². The Balaban J connectivity index is 2.34. The predicted octanol–water partition coefficient (Wildman–Crippen LogP) is 1.14. The standard InChI is InChI=1S/C12H17NO2/c13-8-10-4-1-2-5-11(10)12(14)6-3-7-15-9-12/h1-2,4-5,14H,3,6-9,13H2. The number of nitrogens with two attached hydrogens (primary N) is 1. The van der Waals surface area contributed by atoms with E-state index in [-0.39, 0.29) is 0 Å². The van der Waals surface area contributed by atoms with Crippen LogP contribution < -0.4 is 5.73 Å². The minimum absolute atomic E-state index is 0.379. The molecule has 0 spiro atoms. The van der Waals surface area contributed by atoms with Gasteiger partial charge in [0.1, 0.15) is 5.60 Å². The van der Waals surface area contributed by atoms with E-state index in [1.807, 2.05) is 24.3 Å². The zero-order chi connectivity index (χ0) is 10.7. The highest BCUT2D eigenvalue weighted by Gasteiger charge is 2.33. The monoisotopic (exact) mass is 207 g/mol. The molecule has 1 aliphatic heterocycles. The molecule has 3 nitrogen and oxygen atoms in total. The number of benzene rings is 1. The molecule has 1 atom stereocenters. The smallest absolute Gasteiger partial charge is 0.113 e. The van der Waals surface area contributed by atoms with Crippen molar-refractivity contribution < 1.29 is 9.84 Å². The van der Waals surface area contributed by atoms with E-state index in [1.165, 1.54) is 0 Å². The molecule has 3 N–H and O–H groups in total. The summed E-state index contributed by atoms with van der Waals surface area (Å²) in [6, 6.07) is 7.78. The third-order valence-corrected chi connectivity index (χ3v) is 2.96. The molecule has 0 saturated carbocycles. The van der Waals surface area contributed by atoms with Crippen LogP contribution in [0.4, 0.5) is 0 Å². The highest BCUT2D eigenvalue weighted by atomic mass is 16.5. The van der Waals surface area contributed by atoms with Gasteiger partial charge in [-0.25, -0.2) is 0 Å². The molecular formula is C12H17NO2. The van der Waals surface area contributed by atoms with Crippen molar-refractivity contribution in [3.05, 3.63) is 35.4 Å². The van der Waals surface area contributed by atoms with Gasteiger partial charge in [-0.2, -0.15) is 0 Å². The fourth-order valence-corrected chi connectivity index (χ4v) is 2.14. The Kier molecular flexibility index (Phi) is 3.05. The van der Waals surface area contributed by atoms with Crippen molar-refractivity contribution in [3.63, 3.8) is 0 Å². The van der Waals surface area contributed by atoms with Gasteiger partial charge in [0.25, 0.3) is 0 Å². The summed E-state index contributed by atoms with van der Waals surface area (Å²) in [7, 11) is 0. The van der Waals surface area contributed by atoms with Gasteiger partial charge in [-0.05, 0) is 24.0 Å². The third-order valence-electron chi connectivity index (χ3n) is 2.96. The zero-order valence-corrected chi connectivity index (χ0v) is 8.78. The van der Waals surface area contributed by atoms with Gasteiger partial charge in [0.05, 0.1) is 6.61 Å². The molecule has 15 heavy (non-hydrogen) atoms. The van der Waals surface area contributed by atoms with Gasteiger partial charge >= 0.3 is 0 Å². The lowest BCUT2D eigenvalue weighted by Gasteiger charge is -2.33. The Bertz CT molecular complexity index is 332. The van der Waals surface area contributed by atoms with Gasteiger partial charge in [0, 0.05) is 13.2 Å². The number of hydrogen-bond acceptors (Lipinski definition) is 3. The maximum atomic E-state index is 10.5. The van der Waals surface area contributed by atoms with Crippen molar-refractivity contribution in [2.75, 3.05) is 13.2 Å². The molecule has 1 fully saturated rings. The van der Waals surface area contributed by atoms with Crippen molar-refractivity contribution in [3.8, 4) is 0 Å². The van der Waals surface area contributed by atoms with Gasteiger partial charge in [0.2, 0.25) is 0 Å². The van der Waals surface area contributed by atoms with Crippen LogP contribution in [0, 0.1) is 0 Å². The van der Waals surface area contributed by atoms with E-state index in [2.05, 4.69) is 0 Å². The third kappa shape index (κ3) is 2.04. The first-order valence-corrected chi connectivity index (χ1v) is 5.35. The molecule has 1 unspecified atom stereocenters. The summed E-state index contributed by atoms with van der Waals surface area (Å²) < 4.78 is 5.35. The van der Waals surface area contributed by atoms with Gasteiger partial charge < -0.3 is 15.6 Å². The minimum Gasteiger partial charge on any atom is -0.383 e. The molecule has 0 radical (unpaired) electrons. The molecule has 1 aromatic rings. The van der Waals surface area contributed by atoms with Crippen molar-refractivity contribution in [1.29, 1.82) is 0 Å². The molecular weight excluding hydrogens is 190 g/mol. The molecule has 82 valence electrons. The predicted molar refractivity (Wildman–Crippen MR) is 58.3 cm³/mol. The van der Waals surface area contributed by atoms with Gasteiger partial charge in [-0.1, -0.05) is 24.3 Å². The lowest BCUT2D eigenvalue weighted by Crippen LogP contribution is -2.37. The lowest BCUT2D eigenvalue weighted by atomic mass is 9.85. The highest BCUT2D eigenvalue weighted by Crippen LogP contribution is 2.32. The van der Waals surface area contributed by atoms with Crippen molar-refractivity contribution >= 4 is 0 Å². The zero-order valence-electron chi connectivity index (χ0n) is 8.78. The molecule has 1 saturated heterocycles. The van der Waals surface area contributed by atoms with Crippen molar-refractivity contribution in [1.82, 2.24) is 0 Å². The summed E-state index contributed by atoms with van der Waals surface area (Å²) in [6.07, 6.45) is 1.65. The Labute approximate surface area is 89.9 Å². The van der Waals surface area contributed by atoms with E-state index in [4.69, 9.17) is 10.5 Å². The highest BCUT2D eigenvalue weighted by molar-refractivity contribution is 5.32. The van der Waals surface area contributed by atoms with Crippen LogP contribution in [-0.4, -0.2) is 18.3 Å². The van der Waals surface area contributed by atoms with E-state index in [0.717, 1.165) is 30.6 Å². The van der Waals surface area contributed by atoms with E-state index in [0.29, 0.717) is 13.2 Å². The Morgan fingerprint density at radius 2 is 2.20 bits per heavy atom. The Hall–Kier alpha value is -0.900. The second-order valence-electron chi connectivity index (χ2n) is 4.05. The van der Waals surface area contributed by atoms with E-state index in [9.17, 15) is 5.11 Å². The van der Waals surface area contributed by atoms with Gasteiger partial charge in [0.15, 0.2) is 0 Å². The lowest BCUT2D eigenvalue weighted by molar-refractivity contribution is -0.0907. The fourth-order valence-electron chi connectivity index (χ4n) is 2.14. The molecule has 0 amide bonds. The number of ether oxygens (including phenoxy) is 1. The Morgan fingerprint density at radius 3 is 2.87 bits per heavy atom. The summed E-state index contributed by atoms with van der Waals surface area (Å²) in [5.41, 5.74) is 6.75. The first kappa shape index (κ1) is 10.6. The minimum atomic E-state index is -0.839. The molecule has 3 heteroatoms. The van der Waals surface area contributed by atoms with E-state index < -0.39 is 5.60 Å². The second kappa shape index (κ2) is 4.31. The van der Waals surface area contributed by atoms with Crippen LogP contribution in [0.1, 0.15) is 24.0 Å². The maximum Gasteiger partial charge on any atom is 0.113 e. The average Bonchev–Trinajstić information content (AvgIpc) is 2.30. The number of rotatable bonds is 2. The summed E-state index contributed by atoms with van der Waals surface area (Å²) in [5, 5.41) is 10.5. The van der Waals surface area contributed by atoms with Crippen LogP contribution in [0.15, 0.2) is 24.3 Å². The SMILES string of the molecule is NCc1ccccc1C1(O)CCCOC1. The molecule has 1 heterocycles. The normalized spacial score (nSPS) is 26.5. The quantitative estimate of drug-likeness (QED) is 0.764. The van der Waals surface area contributed by atoms with Crippen LogP contribution in [0.2, 0.25) is 0 Å². The van der Waals surface area contributed by atoms with Crippen LogP contribution in [0.5, 0.6) is 0 Å². The molecule has 0 bridgehead atoms. The largest absolute Gasteiger partial charge is 0.383 e. The van der Waals surface area contributed by atoms with Crippen LogP contribution in [-0.2, 0) is 16.9 Å². The molecule has 0 aliphatic carbocycles. The van der Waals surface area contributed by atoms with Crippen LogP contribution in [0.3, 0.4) is 0 Å². The van der Waals surface area contributed by atoms with Gasteiger partial charge in [-0.3, -0.25) is 0 Å². The van der Waals surface area contributed by atoms with E-state index >= 15 is 0 Å². The van der Waals surface area contributed by atoms with Crippen molar-refractivity contribution in [2.24, 2.45) is 5.73 Å². The molecule has 1 aromatic carbocycles. The van der Waals surface area contributed by atoms with E-state index in [1.54, 1.807) is 0 Å². The molecule has 1 aliphatic rings. The van der Waals surface area contributed by atoms with Crippen molar-refractivity contribution in [2.45, 2.75) is 25.0 Å². The maximum absolute atomic E-state index is 10.5. The van der Waals surface area contributed by atoms with Crippen LogP contribution >= 0.6 is 0 Å². The number of aliphatic hydroxyl groups is 1. The van der Waals surface area contributed by atoms with Gasteiger partial charge in [-0.15, -0.1) is 0 Å². The molecule has 2 rings (SSSR count). The first-order chi connectivity index (χ1) is 7.26. The fraction of sp³-hybridized carbons (Fsp3) is 0.500. The summed E-state index contributed by atoms with van der Waals surface area (Å²) in [6.45, 7) is 1.58. The Morgan fingerprint density at radius 1 is 1.40 bits per heavy atom. The first-order valence-electron chi connectivity index (χ1n) is 5.35. The molecule has 0 aromatic heterocycles. The van der Waals surface area contributed by atoms with Crippen LogP contribution in [0.25, 0.3) is 0 Å². The average molecular weight is 207 g/mol. The number of hydrogen-bond donors (Lipinski definition) is 2. The summed E-state index contributed by atoms with van der Waals surface area (Å²) in [5.74, 6) is 0. The summed E-state index contributed by atoms with van der Waals surface area (Å²) in [4.78, 5) is 0. The second-order valence-corrected chi connectivity index (χ2v) is 4.05.